The van der Waals surface area contributed by atoms with Crippen LogP contribution in [0.4, 0.5) is 0 Å². The fourth-order valence-electron chi connectivity index (χ4n) is 2.73. The van der Waals surface area contributed by atoms with Gasteiger partial charge in [0.15, 0.2) is 6.29 Å². The molecule has 28 heavy (non-hydrogen) atoms. The molecule has 164 valence electrons. The van der Waals surface area contributed by atoms with Crippen LogP contribution in [0.5, 0.6) is 0 Å². The Bertz CT molecular complexity index is 480. The van der Waals surface area contributed by atoms with E-state index in [4.69, 9.17) is 19.8 Å². The van der Waals surface area contributed by atoms with Gasteiger partial charge in [0.05, 0.1) is 19.3 Å². The molecule has 1 rings (SSSR count). The fraction of sp³-hybridized carbons (Fsp3) is 0.875. The maximum atomic E-state index is 11.7. The van der Waals surface area contributed by atoms with E-state index >= 15 is 0 Å². The third-order valence-electron chi connectivity index (χ3n) is 4.19. The standard InChI is InChI=1S/C16H30N2O10/c1-9(21)17-13-15(24)14(23)11(7-20)28-16(13)26-5-3-2-4-12(22)18-10(6-19)8-27-25/h10-11,13-16,19-20,23-25H,2-8H2,1H3,(H,17,21)(H,18,22)/t10-,11?,13?,14-,15?,16+/m0/s1. The molecule has 1 aliphatic heterocycles. The third-order valence-corrected chi connectivity index (χ3v) is 4.19. The summed E-state index contributed by atoms with van der Waals surface area (Å²) >= 11 is 0. The predicted octanol–water partition coefficient (Wildman–Crippen LogP) is -2.92. The highest BCUT2D eigenvalue weighted by Gasteiger charge is 2.45. The number of ether oxygens (including phenoxy) is 2. The van der Waals surface area contributed by atoms with Crippen molar-refractivity contribution >= 4 is 11.8 Å². The Labute approximate surface area is 162 Å². The Balaban J connectivity index is 2.42. The number of carbonyl (C=O) groups excluding carboxylic acids is 2. The third kappa shape index (κ3) is 7.93. The Morgan fingerprint density at radius 3 is 2.46 bits per heavy atom. The molecule has 0 aromatic carbocycles. The Morgan fingerprint density at radius 1 is 1.18 bits per heavy atom. The summed E-state index contributed by atoms with van der Waals surface area (Å²) in [4.78, 5) is 26.9. The van der Waals surface area contributed by atoms with E-state index in [9.17, 15) is 24.9 Å². The van der Waals surface area contributed by atoms with E-state index in [1.165, 1.54) is 6.92 Å². The summed E-state index contributed by atoms with van der Waals surface area (Å²) in [6.07, 6.45) is -3.86. The highest BCUT2D eigenvalue weighted by atomic mass is 17.1. The first kappa shape index (κ1) is 24.7. The topological polar surface area (TPSA) is 187 Å². The first-order chi connectivity index (χ1) is 13.3. The minimum Gasteiger partial charge on any atom is -0.394 e. The van der Waals surface area contributed by atoms with Crippen molar-refractivity contribution in [3.05, 3.63) is 0 Å². The van der Waals surface area contributed by atoms with Crippen molar-refractivity contribution in [3.8, 4) is 0 Å². The van der Waals surface area contributed by atoms with Crippen molar-refractivity contribution < 1.29 is 49.6 Å². The van der Waals surface area contributed by atoms with Crippen LogP contribution < -0.4 is 10.6 Å². The van der Waals surface area contributed by atoms with Crippen molar-refractivity contribution in [2.45, 2.75) is 62.9 Å². The quantitative estimate of drug-likeness (QED) is 0.0998. The molecule has 6 atom stereocenters. The maximum Gasteiger partial charge on any atom is 0.220 e. The summed E-state index contributed by atoms with van der Waals surface area (Å²) in [7, 11) is 0. The molecule has 0 bridgehead atoms. The van der Waals surface area contributed by atoms with Crippen molar-refractivity contribution in [1.82, 2.24) is 10.6 Å². The van der Waals surface area contributed by atoms with E-state index in [0.29, 0.717) is 12.8 Å². The van der Waals surface area contributed by atoms with E-state index in [2.05, 4.69) is 15.5 Å². The van der Waals surface area contributed by atoms with E-state index in [0.717, 1.165) is 0 Å². The van der Waals surface area contributed by atoms with Crippen LogP contribution in [0.25, 0.3) is 0 Å². The van der Waals surface area contributed by atoms with Crippen molar-refractivity contribution in [1.29, 1.82) is 0 Å². The zero-order valence-electron chi connectivity index (χ0n) is 15.7. The molecule has 0 aliphatic carbocycles. The molecule has 1 aliphatic rings. The summed E-state index contributed by atoms with van der Waals surface area (Å²) in [5.74, 6) is -0.780. The molecule has 1 saturated heterocycles. The number of aliphatic hydroxyl groups excluding tert-OH is 4. The number of carbonyl (C=O) groups is 2. The molecule has 1 fully saturated rings. The highest BCUT2D eigenvalue weighted by molar-refractivity contribution is 5.76. The van der Waals surface area contributed by atoms with E-state index in [1.54, 1.807) is 0 Å². The Kier molecular flexibility index (Phi) is 11.4. The minimum absolute atomic E-state index is 0.137. The predicted molar refractivity (Wildman–Crippen MR) is 92.8 cm³/mol. The zero-order chi connectivity index (χ0) is 21.1. The Hall–Kier alpha value is -1.38. The molecule has 0 saturated carbocycles. The summed E-state index contributed by atoms with van der Waals surface area (Å²) in [6.45, 7) is 0.245. The van der Waals surface area contributed by atoms with Gasteiger partial charge in [0, 0.05) is 20.0 Å². The van der Waals surface area contributed by atoms with Crippen LogP contribution in [0.3, 0.4) is 0 Å². The number of hydrogen-bond acceptors (Lipinski definition) is 10. The number of amides is 2. The number of rotatable bonds is 12. The molecule has 0 spiro atoms. The van der Waals surface area contributed by atoms with Gasteiger partial charge in [-0.05, 0) is 12.8 Å². The van der Waals surface area contributed by atoms with E-state index in [-0.39, 0.29) is 32.1 Å². The van der Waals surface area contributed by atoms with Crippen LogP contribution >= 0.6 is 0 Å². The largest absolute Gasteiger partial charge is 0.394 e. The Morgan fingerprint density at radius 2 is 1.89 bits per heavy atom. The zero-order valence-corrected chi connectivity index (χ0v) is 15.7. The molecule has 12 heteroatoms. The lowest BCUT2D eigenvalue weighted by molar-refractivity contribution is -0.270. The second kappa shape index (κ2) is 13.0. The smallest absolute Gasteiger partial charge is 0.220 e. The second-order valence-electron chi connectivity index (χ2n) is 6.50. The second-order valence-corrected chi connectivity index (χ2v) is 6.50. The fourth-order valence-corrected chi connectivity index (χ4v) is 2.73. The summed E-state index contributed by atoms with van der Waals surface area (Å²) in [5, 5.41) is 51.6. The average molecular weight is 410 g/mol. The van der Waals surface area contributed by atoms with Crippen molar-refractivity contribution in [2.24, 2.45) is 0 Å². The van der Waals surface area contributed by atoms with Gasteiger partial charge in [0.1, 0.15) is 31.0 Å². The van der Waals surface area contributed by atoms with Gasteiger partial charge < -0.3 is 40.5 Å². The van der Waals surface area contributed by atoms with E-state index in [1.807, 2.05) is 0 Å². The monoisotopic (exact) mass is 410 g/mol. The molecule has 2 amide bonds. The summed E-state index contributed by atoms with van der Waals surface area (Å²) in [5.41, 5.74) is 0. The normalized spacial score (nSPS) is 28.6. The van der Waals surface area contributed by atoms with Crippen LogP contribution in [-0.2, 0) is 24.0 Å². The molecule has 0 aromatic rings. The molecule has 3 unspecified atom stereocenters. The highest BCUT2D eigenvalue weighted by Crippen LogP contribution is 2.22. The number of hydrogen-bond donors (Lipinski definition) is 7. The minimum atomic E-state index is -1.38. The number of aliphatic hydroxyl groups is 4. The van der Waals surface area contributed by atoms with Crippen LogP contribution in [0.15, 0.2) is 0 Å². The van der Waals surface area contributed by atoms with Gasteiger partial charge in [-0.1, -0.05) is 0 Å². The maximum absolute atomic E-state index is 11.7. The lowest BCUT2D eigenvalue weighted by Gasteiger charge is -2.42. The lowest BCUT2D eigenvalue weighted by atomic mass is 9.97. The average Bonchev–Trinajstić information content (AvgIpc) is 2.66. The van der Waals surface area contributed by atoms with Gasteiger partial charge in [0.2, 0.25) is 11.8 Å². The van der Waals surface area contributed by atoms with Gasteiger partial charge in [-0.15, -0.1) is 0 Å². The number of nitrogens with one attached hydrogen (secondary N) is 2. The molecular formula is C16H30N2O10. The molecule has 7 N–H and O–H groups in total. The van der Waals surface area contributed by atoms with Crippen LogP contribution in [0.2, 0.25) is 0 Å². The van der Waals surface area contributed by atoms with Crippen molar-refractivity contribution in [3.63, 3.8) is 0 Å². The lowest BCUT2D eigenvalue weighted by Crippen LogP contribution is -2.64. The van der Waals surface area contributed by atoms with Gasteiger partial charge in [-0.25, -0.2) is 4.89 Å². The van der Waals surface area contributed by atoms with Crippen LogP contribution in [-0.4, -0.2) is 101 Å². The summed E-state index contributed by atoms with van der Waals surface area (Å²) < 4.78 is 10.9. The SMILES string of the molecule is CC(=O)NC1C(O)[C@@H](O)C(CO)O[C@H]1OCCCCC(=O)N[C@@H](CO)COO. The van der Waals surface area contributed by atoms with Crippen LogP contribution in [0, 0.1) is 0 Å². The first-order valence-electron chi connectivity index (χ1n) is 9.01. The van der Waals surface area contributed by atoms with Gasteiger partial charge in [-0.3, -0.25) is 14.8 Å². The first-order valence-corrected chi connectivity index (χ1v) is 9.01. The van der Waals surface area contributed by atoms with Gasteiger partial charge in [-0.2, -0.15) is 0 Å². The van der Waals surface area contributed by atoms with Gasteiger partial charge in [0.25, 0.3) is 0 Å². The summed E-state index contributed by atoms with van der Waals surface area (Å²) in [6, 6.07) is -1.71. The number of unbranched alkanes of at least 4 members (excludes halogenated alkanes) is 1. The van der Waals surface area contributed by atoms with Crippen molar-refractivity contribution in [2.75, 3.05) is 26.4 Å². The molecular weight excluding hydrogens is 380 g/mol. The molecule has 1 heterocycles. The molecule has 12 nitrogen and oxygen atoms in total. The molecule has 0 aromatic heterocycles. The van der Waals surface area contributed by atoms with Crippen LogP contribution in [0.1, 0.15) is 26.2 Å². The van der Waals surface area contributed by atoms with Gasteiger partial charge >= 0.3 is 0 Å². The van der Waals surface area contributed by atoms with E-state index < -0.39 is 49.2 Å². The molecule has 0 radical (unpaired) electrons.